The van der Waals surface area contributed by atoms with Gasteiger partial charge in [-0.15, -0.1) is 45.9 Å². The maximum absolute atomic E-state index is 12.9. The molecule has 0 amide bonds. The van der Waals surface area contributed by atoms with Crippen molar-refractivity contribution in [1.29, 1.82) is 10.7 Å². The summed E-state index contributed by atoms with van der Waals surface area (Å²) in [5.74, 6) is 0.188. The lowest BCUT2D eigenvalue weighted by atomic mass is 10.1. The Hall–Kier alpha value is -5.35. The molecule has 7 N–H and O–H groups in total. The monoisotopic (exact) mass is 889 g/mol. The lowest BCUT2D eigenvalue weighted by Crippen LogP contribution is -2.13. The summed E-state index contributed by atoms with van der Waals surface area (Å²) >= 11 is 13.1. The highest BCUT2D eigenvalue weighted by Crippen LogP contribution is 2.36. The molecule has 0 saturated heterocycles. The first-order valence-corrected chi connectivity index (χ1v) is 18.8. The first-order valence-electron chi connectivity index (χ1n) is 16.1. The molecule has 0 spiro atoms. The van der Waals surface area contributed by atoms with Crippen LogP contribution in [0.25, 0.3) is 20.8 Å². The maximum atomic E-state index is 12.9. The van der Waals surface area contributed by atoms with Gasteiger partial charge in [0.15, 0.2) is 0 Å². The number of rotatable bonds is 6. The van der Waals surface area contributed by atoms with Crippen molar-refractivity contribution in [2.24, 2.45) is 10.7 Å². The fourth-order valence-corrected chi connectivity index (χ4v) is 6.34. The predicted molar refractivity (Wildman–Crippen MR) is 215 cm³/mol. The Kier molecular flexibility index (Phi) is 16.9. The molecule has 3 aromatic heterocycles. The third kappa shape index (κ3) is 14.2. The van der Waals surface area contributed by atoms with E-state index in [0.717, 1.165) is 52.4 Å². The molecular formula is C38H30Cl2F9N7S2. The lowest BCUT2D eigenvalue weighted by molar-refractivity contribution is -0.138. The molecule has 6 rings (SSSR count). The van der Waals surface area contributed by atoms with Gasteiger partial charge >= 0.3 is 18.5 Å². The van der Waals surface area contributed by atoms with Gasteiger partial charge in [-0.1, -0.05) is 36.4 Å². The van der Waals surface area contributed by atoms with Crippen molar-refractivity contribution >= 4 is 84.7 Å². The van der Waals surface area contributed by atoms with Crippen molar-refractivity contribution in [2.45, 2.75) is 24.9 Å². The number of aliphatic imine (C=N–C) groups is 1. The van der Waals surface area contributed by atoms with E-state index >= 15 is 0 Å². The van der Waals surface area contributed by atoms with E-state index in [0.29, 0.717) is 21.0 Å². The summed E-state index contributed by atoms with van der Waals surface area (Å²) in [4.78, 5) is 11.0. The zero-order valence-corrected chi connectivity index (χ0v) is 32.6. The molecule has 6 aromatic rings. The molecule has 0 unspecified atom stereocenters. The Morgan fingerprint density at radius 1 is 0.776 bits per heavy atom. The van der Waals surface area contributed by atoms with Gasteiger partial charge in [0.2, 0.25) is 0 Å². The van der Waals surface area contributed by atoms with Crippen LogP contribution in [0.4, 0.5) is 56.6 Å². The number of anilines is 2. The Labute approximate surface area is 343 Å². The third-order valence-corrected chi connectivity index (χ3v) is 9.60. The normalized spacial score (nSPS) is 11.6. The minimum atomic E-state index is -4.45. The summed E-state index contributed by atoms with van der Waals surface area (Å²) in [7, 11) is 0. The minimum Gasteiger partial charge on any atom is -0.399 e. The van der Waals surface area contributed by atoms with Gasteiger partial charge < -0.3 is 22.6 Å². The second kappa shape index (κ2) is 20.9. The van der Waals surface area contributed by atoms with Gasteiger partial charge in [0, 0.05) is 23.2 Å². The number of hydrogen-bond donors (Lipinski definition) is 4. The minimum absolute atomic E-state index is 0.0379. The van der Waals surface area contributed by atoms with Crippen molar-refractivity contribution in [2.75, 3.05) is 23.2 Å². The highest BCUT2D eigenvalue weighted by molar-refractivity contribution is 7.21. The molecule has 0 bridgehead atoms. The molecule has 0 fully saturated rings. The van der Waals surface area contributed by atoms with E-state index in [9.17, 15) is 39.5 Å². The number of amidine groups is 1. The number of nitrogens with one attached hydrogen (secondary N) is 1. The highest BCUT2D eigenvalue weighted by atomic mass is 35.5. The first-order chi connectivity index (χ1) is 27.2. The molecule has 0 aliphatic carbocycles. The van der Waals surface area contributed by atoms with Gasteiger partial charge in [-0.05, 0) is 71.6 Å². The SMILES string of the molecule is N#CCCl.N=C(CCl)Cc1cccc(C(F)(F)F)c1.NC(=Nc1cccc(C(F)(F)F)c1)c1sc2nc(-c3cccs3)ccc2c1N.Nc1cccc(C(F)(F)F)c1. The van der Waals surface area contributed by atoms with Crippen LogP contribution in [-0.2, 0) is 24.9 Å². The first kappa shape index (κ1) is 47.0. The fourth-order valence-electron chi connectivity index (χ4n) is 4.56. The molecule has 58 heavy (non-hydrogen) atoms. The van der Waals surface area contributed by atoms with E-state index in [-0.39, 0.29) is 41.1 Å². The average Bonchev–Trinajstić information content (AvgIpc) is 3.83. The number of benzene rings is 3. The fraction of sp³-hybridized carbons (Fsp3) is 0.158. The van der Waals surface area contributed by atoms with Crippen LogP contribution in [0.5, 0.6) is 0 Å². The Balaban J connectivity index is 0.000000251. The number of aromatic nitrogens is 1. The van der Waals surface area contributed by atoms with Gasteiger partial charge in [-0.2, -0.15) is 44.8 Å². The number of halogens is 11. The van der Waals surface area contributed by atoms with Crippen LogP contribution in [0.1, 0.15) is 27.1 Å². The number of alkyl halides is 11. The largest absolute Gasteiger partial charge is 0.416 e. The zero-order chi connectivity index (χ0) is 43.3. The number of nitrogens with two attached hydrogens (primary N) is 3. The summed E-state index contributed by atoms with van der Waals surface area (Å²) in [5, 5.41) is 17.5. The van der Waals surface area contributed by atoms with E-state index < -0.39 is 35.2 Å². The van der Waals surface area contributed by atoms with E-state index in [4.69, 9.17) is 51.1 Å². The number of thiophene rings is 2. The molecule has 20 heteroatoms. The van der Waals surface area contributed by atoms with E-state index in [1.807, 2.05) is 29.6 Å². The summed E-state index contributed by atoms with van der Waals surface area (Å²) in [6, 6.07) is 23.5. The predicted octanol–water partition coefficient (Wildman–Crippen LogP) is 12.2. The summed E-state index contributed by atoms with van der Waals surface area (Å²) in [5.41, 5.74) is 17.3. The number of pyridine rings is 1. The van der Waals surface area contributed by atoms with Gasteiger partial charge in [-0.25, -0.2) is 9.98 Å². The van der Waals surface area contributed by atoms with E-state index in [1.54, 1.807) is 23.5 Å². The van der Waals surface area contributed by atoms with Crippen LogP contribution in [0, 0.1) is 16.7 Å². The quantitative estimate of drug-likeness (QED) is 0.0431. The van der Waals surface area contributed by atoms with E-state index in [2.05, 4.69) is 9.98 Å². The highest BCUT2D eigenvalue weighted by Gasteiger charge is 2.32. The van der Waals surface area contributed by atoms with Gasteiger partial charge in [-0.3, -0.25) is 0 Å². The van der Waals surface area contributed by atoms with Crippen molar-refractivity contribution in [3.05, 3.63) is 130 Å². The molecular weight excluding hydrogens is 860 g/mol. The topological polar surface area (TPSA) is 151 Å². The molecule has 0 radical (unpaired) electrons. The number of hydrogen-bond acceptors (Lipinski definition) is 8. The Morgan fingerprint density at radius 3 is 1.86 bits per heavy atom. The van der Waals surface area contributed by atoms with Gasteiger partial charge in [0.05, 0.1) is 55.5 Å². The summed E-state index contributed by atoms with van der Waals surface area (Å²) in [6.07, 6.45) is -12.9. The van der Waals surface area contributed by atoms with Crippen molar-refractivity contribution < 1.29 is 39.5 Å². The smallest absolute Gasteiger partial charge is 0.399 e. The second-order valence-corrected chi connectivity index (χ2v) is 13.9. The molecule has 306 valence electrons. The number of nitrogens with zero attached hydrogens (tertiary/aromatic N) is 3. The molecule has 0 aliphatic rings. The van der Waals surface area contributed by atoms with Gasteiger partial charge in [0.1, 0.15) is 16.5 Å². The van der Waals surface area contributed by atoms with Crippen LogP contribution in [0.2, 0.25) is 0 Å². The molecule has 0 saturated carbocycles. The molecule has 3 heterocycles. The molecule has 0 aliphatic heterocycles. The second-order valence-electron chi connectivity index (χ2n) is 11.4. The summed E-state index contributed by atoms with van der Waals surface area (Å²) in [6.45, 7) is 0. The number of nitrogen functional groups attached to an aromatic ring is 2. The Morgan fingerprint density at radius 2 is 1.34 bits per heavy atom. The van der Waals surface area contributed by atoms with Crippen LogP contribution >= 0.6 is 45.9 Å². The number of fused-ring (bicyclic) bond motifs is 1. The summed E-state index contributed by atoms with van der Waals surface area (Å²) < 4.78 is 111. The van der Waals surface area contributed by atoms with Gasteiger partial charge in [0.25, 0.3) is 0 Å². The van der Waals surface area contributed by atoms with Crippen molar-refractivity contribution in [3.8, 4) is 16.6 Å². The standard InChI is InChI=1S/C19H13F3N4S2.C10H9ClF3N.C7H6F3N.C2H2ClN/c20-19(21,22)10-3-1-4-11(9-10)25-17(24)16-15(23)12-6-7-13(26-18(12)28-16)14-5-2-8-27-14;11-6-9(15)5-7-2-1-3-8(4-7)10(12,13)14;8-7(9,10)5-2-1-3-6(11)4-5;3-1-2-4/h1-9H,23H2,(H2,24,25);1-4,15H,5-6H2;1-4H,11H2;1H2. The average molecular weight is 891 g/mol. The third-order valence-electron chi connectivity index (χ3n) is 7.13. The maximum Gasteiger partial charge on any atom is 0.416 e. The molecule has 7 nitrogen and oxygen atoms in total. The lowest BCUT2D eigenvalue weighted by Gasteiger charge is -2.08. The molecule has 0 atom stereocenters. The van der Waals surface area contributed by atoms with Crippen LogP contribution in [-0.4, -0.2) is 28.3 Å². The van der Waals surface area contributed by atoms with Crippen LogP contribution in [0.3, 0.4) is 0 Å². The Bertz CT molecular complexity index is 2350. The number of nitriles is 1. The zero-order valence-electron chi connectivity index (χ0n) is 29.5. The van der Waals surface area contributed by atoms with Crippen LogP contribution < -0.4 is 17.2 Å². The van der Waals surface area contributed by atoms with Crippen LogP contribution in [0.15, 0.2) is 107 Å². The molecule has 3 aromatic carbocycles. The van der Waals surface area contributed by atoms with Crippen molar-refractivity contribution in [1.82, 2.24) is 4.98 Å². The van der Waals surface area contributed by atoms with E-state index in [1.165, 1.54) is 41.7 Å². The van der Waals surface area contributed by atoms with Crippen molar-refractivity contribution in [3.63, 3.8) is 0 Å².